The Morgan fingerprint density at radius 1 is 1.35 bits per heavy atom. The van der Waals surface area contributed by atoms with Crippen molar-refractivity contribution in [1.82, 2.24) is 5.32 Å². The number of carbonyl (C=O) groups is 1. The van der Waals surface area contributed by atoms with E-state index in [4.69, 9.17) is 5.73 Å². The monoisotopic (exact) mass is 252 g/mol. The molecule has 0 fully saturated rings. The second kappa shape index (κ2) is 7.35. The first kappa shape index (κ1) is 14.1. The van der Waals surface area contributed by atoms with Gasteiger partial charge in [-0.15, -0.1) is 11.8 Å². The van der Waals surface area contributed by atoms with Gasteiger partial charge in [-0.05, 0) is 37.1 Å². The van der Waals surface area contributed by atoms with Crippen LogP contribution in [0, 0.1) is 13.8 Å². The molecular weight excluding hydrogens is 232 g/mol. The van der Waals surface area contributed by atoms with Gasteiger partial charge in [0.2, 0.25) is 5.91 Å². The van der Waals surface area contributed by atoms with Gasteiger partial charge >= 0.3 is 0 Å². The summed E-state index contributed by atoms with van der Waals surface area (Å²) in [6.07, 6.45) is 0.539. The first-order valence-corrected chi connectivity index (χ1v) is 6.79. The molecule has 1 aromatic rings. The van der Waals surface area contributed by atoms with E-state index in [1.165, 1.54) is 16.0 Å². The topological polar surface area (TPSA) is 55.1 Å². The van der Waals surface area contributed by atoms with Crippen molar-refractivity contribution in [2.75, 3.05) is 18.8 Å². The van der Waals surface area contributed by atoms with Gasteiger partial charge in [-0.3, -0.25) is 4.79 Å². The molecule has 94 valence electrons. The highest BCUT2D eigenvalue weighted by molar-refractivity contribution is 7.99. The first-order chi connectivity index (χ1) is 8.13. The summed E-state index contributed by atoms with van der Waals surface area (Å²) < 4.78 is 0. The van der Waals surface area contributed by atoms with Crippen LogP contribution < -0.4 is 11.1 Å². The molecule has 0 unspecified atom stereocenters. The number of thioether (sulfide) groups is 1. The molecule has 0 aromatic heterocycles. The number of carbonyl (C=O) groups excluding carboxylic acids is 1. The van der Waals surface area contributed by atoms with Gasteiger partial charge in [0.15, 0.2) is 0 Å². The molecule has 0 bridgehead atoms. The Bertz CT molecular complexity index is 380. The maximum atomic E-state index is 11.3. The lowest BCUT2D eigenvalue weighted by molar-refractivity contribution is -0.120. The van der Waals surface area contributed by atoms with Crippen LogP contribution in [-0.2, 0) is 4.79 Å². The molecule has 1 rings (SSSR count). The van der Waals surface area contributed by atoms with E-state index in [9.17, 15) is 4.79 Å². The minimum absolute atomic E-state index is 0.0757. The Hall–Kier alpha value is -1.00. The highest BCUT2D eigenvalue weighted by Gasteiger charge is 2.01. The molecule has 0 spiro atoms. The summed E-state index contributed by atoms with van der Waals surface area (Å²) in [6.45, 7) is 5.26. The SMILES string of the molecule is Cc1ccc(SCCC(=O)NCCN)cc1C. The van der Waals surface area contributed by atoms with Crippen LogP contribution in [0.3, 0.4) is 0 Å². The van der Waals surface area contributed by atoms with Gasteiger partial charge in [0.25, 0.3) is 0 Å². The molecule has 1 aromatic carbocycles. The molecule has 0 saturated heterocycles. The van der Waals surface area contributed by atoms with Gasteiger partial charge in [0, 0.05) is 30.2 Å². The van der Waals surface area contributed by atoms with Gasteiger partial charge in [0.05, 0.1) is 0 Å². The number of nitrogens with one attached hydrogen (secondary N) is 1. The molecule has 0 aliphatic heterocycles. The van der Waals surface area contributed by atoms with Crippen LogP contribution in [0.15, 0.2) is 23.1 Å². The summed E-state index contributed by atoms with van der Waals surface area (Å²) in [6, 6.07) is 6.38. The lowest BCUT2D eigenvalue weighted by Crippen LogP contribution is -2.29. The van der Waals surface area contributed by atoms with Crippen LogP contribution in [-0.4, -0.2) is 24.7 Å². The van der Waals surface area contributed by atoms with Crippen molar-refractivity contribution >= 4 is 17.7 Å². The maximum absolute atomic E-state index is 11.3. The van der Waals surface area contributed by atoms with Crippen LogP contribution in [0.5, 0.6) is 0 Å². The third-order valence-corrected chi connectivity index (χ3v) is 3.54. The molecule has 0 aliphatic rings. The Kier molecular flexibility index (Phi) is 6.08. The Balaban J connectivity index is 2.30. The summed E-state index contributed by atoms with van der Waals surface area (Å²) in [4.78, 5) is 12.6. The molecule has 0 saturated carbocycles. The van der Waals surface area contributed by atoms with E-state index in [-0.39, 0.29) is 5.91 Å². The molecular formula is C13H20N2OS. The summed E-state index contributed by atoms with van der Waals surface area (Å²) >= 11 is 1.71. The van der Waals surface area contributed by atoms with Gasteiger partial charge in [0.1, 0.15) is 0 Å². The fourth-order valence-electron chi connectivity index (χ4n) is 1.37. The summed E-state index contributed by atoms with van der Waals surface area (Å²) in [5.74, 6) is 0.880. The lowest BCUT2D eigenvalue weighted by atomic mass is 10.1. The first-order valence-electron chi connectivity index (χ1n) is 5.80. The number of amides is 1. The van der Waals surface area contributed by atoms with Crippen molar-refractivity contribution < 1.29 is 4.79 Å². The van der Waals surface area contributed by atoms with Crippen LogP contribution >= 0.6 is 11.8 Å². The van der Waals surface area contributed by atoms with E-state index < -0.39 is 0 Å². The zero-order valence-electron chi connectivity index (χ0n) is 10.5. The third kappa shape index (κ3) is 5.24. The lowest BCUT2D eigenvalue weighted by Gasteiger charge is -2.05. The summed E-state index contributed by atoms with van der Waals surface area (Å²) in [7, 11) is 0. The molecule has 0 aliphatic carbocycles. The largest absolute Gasteiger partial charge is 0.355 e. The quantitative estimate of drug-likeness (QED) is 0.760. The van der Waals surface area contributed by atoms with Crippen LogP contribution in [0.4, 0.5) is 0 Å². The summed E-state index contributed by atoms with van der Waals surface area (Å²) in [5.41, 5.74) is 7.90. The van der Waals surface area contributed by atoms with Crippen molar-refractivity contribution in [2.24, 2.45) is 5.73 Å². The zero-order valence-corrected chi connectivity index (χ0v) is 11.3. The average Bonchev–Trinajstić information content (AvgIpc) is 2.31. The molecule has 0 heterocycles. The molecule has 4 heteroatoms. The summed E-state index contributed by atoms with van der Waals surface area (Å²) in [5, 5.41) is 2.76. The number of rotatable bonds is 6. The van der Waals surface area contributed by atoms with Gasteiger partial charge in [-0.25, -0.2) is 0 Å². The van der Waals surface area contributed by atoms with Crippen molar-refractivity contribution in [3.63, 3.8) is 0 Å². The molecule has 0 radical (unpaired) electrons. The number of hydrogen-bond acceptors (Lipinski definition) is 3. The smallest absolute Gasteiger partial charge is 0.220 e. The van der Waals surface area contributed by atoms with E-state index in [1.54, 1.807) is 11.8 Å². The molecule has 17 heavy (non-hydrogen) atoms. The van der Waals surface area contributed by atoms with Gasteiger partial charge in [-0.2, -0.15) is 0 Å². The Labute approximate surface area is 107 Å². The van der Waals surface area contributed by atoms with Crippen molar-refractivity contribution in [3.05, 3.63) is 29.3 Å². The van der Waals surface area contributed by atoms with Gasteiger partial charge < -0.3 is 11.1 Å². The standard InChI is InChI=1S/C13H20N2OS/c1-10-3-4-12(9-11(10)2)17-8-5-13(16)15-7-6-14/h3-4,9H,5-8,14H2,1-2H3,(H,15,16). The molecule has 3 N–H and O–H groups in total. The minimum atomic E-state index is 0.0757. The second-order valence-corrected chi connectivity index (χ2v) is 5.15. The van der Waals surface area contributed by atoms with Crippen molar-refractivity contribution in [1.29, 1.82) is 0 Å². The fraction of sp³-hybridized carbons (Fsp3) is 0.462. The van der Waals surface area contributed by atoms with Crippen LogP contribution in [0.25, 0.3) is 0 Å². The predicted octanol–water partition coefficient (Wildman–Crippen LogP) is 1.86. The molecule has 3 nitrogen and oxygen atoms in total. The average molecular weight is 252 g/mol. The molecule has 0 atom stereocenters. The van der Waals surface area contributed by atoms with Gasteiger partial charge in [-0.1, -0.05) is 6.07 Å². The third-order valence-electron chi connectivity index (χ3n) is 2.54. The Morgan fingerprint density at radius 3 is 2.76 bits per heavy atom. The van der Waals surface area contributed by atoms with Crippen LogP contribution in [0.2, 0.25) is 0 Å². The number of nitrogens with two attached hydrogens (primary N) is 1. The highest BCUT2D eigenvalue weighted by atomic mass is 32.2. The number of benzene rings is 1. The normalized spacial score (nSPS) is 10.3. The van der Waals surface area contributed by atoms with E-state index >= 15 is 0 Å². The number of hydrogen-bond donors (Lipinski definition) is 2. The minimum Gasteiger partial charge on any atom is -0.355 e. The number of aryl methyl sites for hydroxylation is 2. The molecule has 1 amide bonds. The van der Waals surface area contributed by atoms with Crippen molar-refractivity contribution in [3.8, 4) is 0 Å². The maximum Gasteiger partial charge on any atom is 0.220 e. The van der Waals surface area contributed by atoms with Crippen molar-refractivity contribution in [2.45, 2.75) is 25.2 Å². The fourth-order valence-corrected chi connectivity index (χ4v) is 2.31. The highest BCUT2D eigenvalue weighted by Crippen LogP contribution is 2.21. The zero-order chi connectivity index (χ0) is 12.7. The van der Waals surface area contributed by atoms with E-state index in [0.29, 0.717) is 19.5 Å². The second-order valence-electron chi connectivity index (χ2n) is 3.98. The van der Waals surface area contributed by atoms with E-state index in [1.807, 2.05) is 0 Å². The van der Waals surface area contributed by atoms with E-state index in [2.05, 4.69) is 37.4 Å². The predicted molar refractivity (Wildman–Crippen MR) is 73.3 cm³/mol. The van der Waals surface area contributed by atoms with Crippen LogP contribution in [0.1, 0.15) is 17.5 Å². The Morgan fingerprint density at radius 2 is 2.12 bits per heavy atom. The van der Waals surface area contributed by atoms with E-state index in [0.717, 1.165) is 5.75 Å².